The number of nitrogens with one attached hydrogen (secondary N) is 2. The van der Waals surface area contributed by atoms with Gasteiger partial charge in [-0.3, -0.25) is 0 Å². The molecule has 2 amide bonds. The first kappa shape index (κ1) is 20.0. The molecule has 0 saturated heterocycles. The molecule has 0 aliphatic carbocycles. The molecule has 1 aromatic rings. The highest BCUT2D eigenvalue weighted by atomic mass is 16.5. The minimum atomic E-state index is -0.452. The molecule has 1 atom stereocenters. The van der Waals surface area contributed by atoms with E-state index in [9.17, 15) is 9.59 Å². The van der Waals surface area contributed by atoms with Gasteiger partial charge in [0.15, 0.2) is 0 Å². The summed E-state index contributed by atoms with van der Waals surface area (Å²) >= 11 is 0. The van der Waals surface area contributed by atoms with Crippen LogP contribution in [0.25, 0.3) is 0 Å². The molecule has 142 valence electrons. The molecule has 0 radical (unpaired) electrons. The Morgan fingerprint density at radius 3 is 2.69 bits per heavy atom. The van der Waals surface area contributed by atoms with Gasteiger partial charge in [0.2, 0.25) is 0 Å². The van der Waals surface area contributed by atoms with Crippen LogP contribution in [-0.4, -0.2) is 43.1 Å². The van der Waals surface area contributed by atoms with Crippen molar-refractivity contribution in [2.45, 2.75) is 46.3 Å². The second-order valence-corrected chi connectivity index (χ2v) is 6.89. The van der Waals surface area contributed by atoms with E-state index in [4.69, 9.17) is 4.74 Å². The normalized spacial score (nSPS) is 17.5. The Kier molecular flexibility index (Phi) is 6.80. The maximum absolute atomic E-state index is 12.8. The Balaban J connectivity index is 2.48. The molecule has 1 aromatic carbocycles. The highest BCUT2D eigenvalue weighted by Crippen LogP contribution is 2.34. The largest absolute Gasteiger partial charge is 0.459 e. The molecule has 2 rings (SSSR count). The van der Waals surface area contributed by atoms with E-state index in [0.717, 1.165) is 24.1 Å². The van der Waals surface area contributed by atoms with E-state index in [2.05, 4.69) is 10.6 Å². The topological polar surface area (TPSA) is 70.7 Å². The third kappa shape index (κ3) is 4.64. The predicted octanol–water partition coefficient (Wildman–Crippen LogP) is 2.90. The Bertz CT molecular complexity index is 697. The minimum absolute atomic E-state index is 0.189. The van der Waals surface area contributed by atoms with Gasteiger partial charge < -0.3 is 20.3 Å². The predicted molar refractivity (Wildman–Crippen MR) is 102 cm³/mol. The fraction of sp³-hybridized carbons (Fsp3) is 0.500. The number of carbonyl (C=O) groups excluding carboxylic acids is 2. The van der Waals surface area contributed by atoms with Crippen LogP contribution < -0.4 is 10.6 Å². The van der Waals surface area contributed by atoms with Crippen LogP contribution in [0.1, 0.15) is 44.4 Å². The Labute approximate surface area is 155 Å². The smallest absolute Gasteiger partial charge is 0.338 e. The van der Waals surface area contributed by atoms with E-state index in [1.165, 1.54) is 0 Å². The second kappa shape index (κ2) is 8.85. The molecule has 1 unspecified atom stereocenters. The van der Waals surface area contributed by atoms with Crippen molar-refractivity contribution in [1.82, 2.24) is 15.5 Å². The van der Waals surface area contributed by atoms with E-state index in [-0.39, 0.29) is 18.1 Å². The summed E-state index contributed by atoms with van der Waals surface area (Å²) in [5.74, 6) is -0.386. The molecule has 0 aromatic heterocycles. The second-order valence-electron chi connectivity index (χ2n) is 6.89. The zero-order chi connectivity index (χ0) is 19.3. The SMILES string of the molecule is CNCCCN1C(=O)NC(C)=C(C(=O)OC(C)C)C1c1cccc(C)c1. The van der Waals surface area contributed by atoms with Crippen molar-refractivity contribution in [1.29, 1.82) is 0 Å². The number of amides is 2. The van der Waals surface area contributed by atoms with Crippen molar-refractivity contribution in [2.24, 2.45) is 0 Å². The van der Waals surface area contributed by atoms with Crippen LogP contribution in [0.2, 0.25) is 0 Å². The third-order valence-corrected chi connectivity index (χ3v) is 4.29. The number of ether oxygens (including phenoxy) is 1. The molecular formula is C20H29N3O3. The lowest BCUT2D eigenvalue weighted by Gasteiger charge is -2.38. The third-order valence-electron chi connectivity index (χ3n) is 4.29. The molecule has 0 fully saturated rings. The number of benzene rings is 1. The van der Waals surface area contributed by atoms with Gasteiger partial charge in [0, 0.05) is 12.2 Å². The Morgan fingerprint density at radius 2 is 2.08 bits per heavy atom. The fourth-order valence-electron chi connectivity index (χ4n) is 3.16. The van der Waals surface area contributed by atoms with Crippen LogP contribution in [0.15, 0.2) is 35.5 Å². The van der Waals surface area contributed by atoms with Crippen LogP contribution in [0, 0.1) is 6.92 Å². The highest BCUT2D eigenvalue weighted by molar-refractivity contribution is 5.95. The maximum atomic E-state index is 12.8. The van der Waals surface area contributed by atoms with E-state index < -0.39 is 6.04 Å². The van der Waals surface area contributed by atoms with Gasteiger partial charge in [-0.2, -0.15) is 0 Å². The van der Waals surface area contributed by atoms with Crippen molar-refractivity contribution in [3.8, 4) is 0 Å². The number of urea groups is 1. The summed E-state index contributed by atoms with van der Waals surface area (Å²) in [6.45, 7) is 8.72. The molecule has 1 aliphatic heterocycles. The van der Waals surface area contributed by atoms with Crippen LogP contribution in [-0.2, 0) is 9.53 Å². The molecule has 2 N–H and O–H groups in total. The first-order valence-corrected chi connectivity index (χ1v) is 9.05. The molecule has 0 spiro atoms. The van der Waals surface area contributed by atoms with Gasteiger partial charge in [-0.25, -0.2) is 9.59 Å². The number of hydrogen-bond acceptors (Lipinski definition) is 4. The molecule has 26 heavy (non-hydrogen) atoms. The van der Waals surface area contributed by atoms with Crippen molar-refractivity contribution in [3.63, 3.8) is 0 Å². The molecule has 1 aliphatic rings. The van der Waals surface area contributed by atoms with Crippen LogP contribution in [0.4, 0.5) is 4.79 Å². The molecule has 6 nitrogen and oxygen atoms in total. The fourth-order valence-corrected chi connectivity index (χ4v) is 3.16. The van der Waals surface area contributed by atoms with Crippen molar-refractivity contribution in [3.05, 3.63) is 46.7 Å². The number of carbonyl (C=O) groups is 2. The van der Waals surface area contributed by atoms with Crippen molar-refractivity contribution < 1.29 is 14.3 Å². The molecule has 1 heterocycles. The Morgan fingerprint density at radius 1 is 1.35 bits per heavy atom. The van der Waals surface area contributed by atoms with E-state index in [0.29, 0.717) is 17.8 Å². The first-order valence-electron chi connectivity index (χ1n) is 9.05. The van der Waals surface area contributed by atoms with Gasteiger partial charge in [-0.05, 0) is 53.3 Å². The lowest BCUT2D eigenvalue weighted by Crippen LogP contribution is -2.49. The summed E-state index contributed by atoms with van der Waals surface area (Å²) in [4.78, 5) is 27.2. The summed E-state index contributed by atoms with van der Waals surface area (Å²) in [5.41, 5.74) is 3.04. The number of rotatable bonds is 7. The van der Waals surface area contributed by atoms with Gasteiger partial charge in [0.05, 0.1) is 17.7 Å². The number of hydrogen-bond donors (Lipinski definition) is 2. The zero-order valence-electron chi connectivity index (χ0n) is 16.3. The molecule has 0 saturated carbocycles. The summed E-state index contributed by atoms with van der Waals surface area (Å²) in [5, 5.41) is 5.91. The number of nitrogens with zero attached hydrogens (tertiary/aromatic N) is 1. The quantitative estimate of drug-likeness (QED) is 0.580. The van der Waals surface area contributed by atoms with E-state index in [1.807, 2.05) is 52.1 Å². The number of esters is 1. The summed E-state index contributed by atoms with van der Waals surface area (Å²) in [7, 11) is 1.88. The summed E-state index contributed by atoms with van der Waals surface area (Å²) in [6, 6.07) is 7.28. The van der Waals surface area contributed by atoms with Gasteiger partial charge in [0.25, 0.3) is 0 Å². The zero-order valence-corrected chi connectivity index (χ0v) is 16.3. The standard InChI is InChI=1S/C20H29N3O3/c1-13(2)26-19(24)17-15(4)22-20(25)23(11-7-10-21-5)18(17)16-9-6-8-14(3)12-16/h6,8-9,12-13,18,21H,7,10-11H2,1-5H3,(H,22,25). The molecular weight excluding hydrogens is 330 g/mol. The summed E-state index contributed by atoms with van der Waals surface area (Å²) < 4.78 is 5.46. The lowest BCUT2D eigenvalue weighted by molar-refractivity contribution is -0.143. The van der Waals surface area contributed by atoms with Gasteiger partial charge in [-0.15, -0.1) is 0 Å². The maximum Gasteiger partial charge on any atom is 0.338 e. The van der Waals surface area contributed by atoms with E-state index >= 15 is 0 Å². The number of aryl methyl sites for hydroxylation is 1. The van der Waals surface area contributed by atoms with Crippen molar-refractivity contribution >= 4 is 12.0 Å². The highest BCUT2D eigenvalue weighted by Gasteiger charge is 2.38. The molecule has 6 heteroatoms. The van der Waals surface area contributed by atoms with E-state index in [1.54, 1.807) is 11.8 Å². The lowest BCUT2D eigenvalue weighted by atomic mass is 9.92. The van der Waals surface area contributed by atoms with Gasteiger partial charge >= 0.3 is 12.0 Å². The van der Waals surface area contributed by atoms with Gasteiger partial charge in [-0.1, -0.05) is 29.8 Å². The average Bonchev–Trinajstić information content (AvgIpc) is 2.55. The molecule has 0 bridgehead atoms. The minimum Gasteiger partial charge on any atom is -0.459 e. The summed E-state index contributed by atoms with van der Waals surface area (Å²) in [6.07, 6.45) is 0.564. The van der Waals surface area contributed by atoms with Gasteiger partial charge in [0.1, 0.15) is 0 Å². The number of allylic oxidation sites excluding steroid dienone is 1. The van der Waals surface area contributed by atoms with Crippen LogP contribution in [0.3, 0.4) is 0 Å². The first-order chi connectivity index (χ1) is 12.3. The average molecular weight is 359 g/mol. The Hall–Kier alpha value is -2.34. The van der Waals surface area contributed by atoms with Crippen LogP contribution in [0.5, 0.6) is 0 Å². The van der Waals surface area contributed by atoms with Crippen LogP contribution >= 0.6 is 0 Å². The monoisotopic (exact) mass is 359 g/mol. The van der Waals surface area contributed by atoms with Crippen molar-refractivity contribution in [2.75, 3.05) is 20.1 Å².